The summed E-state index contributed by atoms with van der Waals surface area (Å²) in [7, 11) is 3.66. The Morgan fingerprint density at radius 2 is 1.70 bits per heavy atom. The monoisotopic (exact) mass is 334 g/mol. The molecule has 2 N–H and O–H groups in total. The first-order valence-corrected chi connectivity index (χ1v) is 7.17. The first kappa shape index (κ1) is 14.7. The summed E-state index contributed by atoms with van der Waals surface area (Å²) in [6.45, 7) is 4.15. The van der Waals surface area contributed by atoms with Gasteiger partial charge in [-0.15, -0.1) is 0 Å². The van der Waals surface area contributed by atoms with E-state index in [1.54, 1.807) is 7.11 Å². The highest BCUT2D eigenvalue weighted by Gasteiger charge is 2.14. The van der Waals surface area contributed by atoms with E-state index < -0.39 is 0 Å². The maximum atomic E-state index is 6.16. The molecule has 0 aliphatic rings. The van der Waals surface area contributed by atoms with E-state index in [0.717, 1.165) is 27.3 Å². The van der Waals surface area contributed by atoms with E-state index in [2.05, 4.69) is 35.8 Å². The summed E-state index contributed by atoms with van der Waals surface area (Å²) in [4.78, 5) is 2.05. The second kappa shape index (κ2) is 5.75. The maximum absolute atomic E-state index is 6.16. The first-order chi connectivity index (χ1) is 9.43. The normalized spacial score (nSPS) is 10.4. The van der Waals surface area contributed by atoms with Gasteiger partial charge in [-0.3, -0.25) is 0 Å². The molecule has 106 valence electrons. The number of anilines is 3. The van der Waals surface area contributed by atoms with Crippen molar-refractivity contribution in [3.05, 3.63) is 45.9 Å². The van der Waals surface area contributed by atoms with E-state index in [9.17, 15) is 0 Å². The van der Waals surface area contributed by atoms with E-state index in [1.165, 1.54) is 11.1 Å². The molecule has 0 unspecified atom stereocenters. The molecule has 2 aromatic carbocycles. The van der Waals surface area contributed by atoms with Crippen LogP contribution in [0.25, 0.3) is 0 Å². The largest absolute Gasteiger partial charge is 0.495 e. The fraction of sp³-hybridized carbons (Fsp3) is 0.250. The topological polar surface area (TPSA) is 38.5 Å². The molecular weight excluding hydrogens is 316 g/mol. The Hall–Kier alpha value is -1.68. The van der Waals surface area contributed by atoms with Crippen LogP contribution in [0, 0.1) is 13.8 Å². The zero-order valence-electron chi connectivity index (χ0n) is 12.2. The number of nitrogen functional groups attached to an aromatic ring is 1. The highest BCUT2D eigenvalue weighted by atomic mass is 79.9. The fourth-order valence-corrected chi connectivity index (χ4v) is 2.52. The first-order valence-electron chi connectivity index (χ1n) is 6.38. The van der Waals surface area contributed by atoms with Crippen LogP contribution < -0.4 is 15.4 Å². The van der Waals surface area contributed by atoms with Gasteiger partial charge < -0.3 is 15.4 Å². The minimum atomic E-state index is 0.762. The molecule has 20 heavy (non-hydrogen) atoms. The van der Waals surface area contributed by atoms with Gasteiger partial charge in [-0.05, 0) is 55.3 Å². The predicted molar refractivity (Wildman–Crippen MR) is 89.1 cm³/mol. The molecule has 2 aromatic rings. The molecule has 0 saturated heterocycles. The number of methoxy groups -OCH3 is 1. The van der Waals surface area contributed by atoms with Crippen molar-refractivity contribution < 1.29 is 4.74 Å². The van der Waals surface area contributed by atoms with Crippen molar-refractivity contribution in [3.63, 3.8) is 0 Å². The lowest BCUT2D eigenvalue weighted by atomic mass is 10.1. The Morgan fingerprint density at radius 3 is 2.35 bits per heavy atom. The molecule has 0 atom stereocenters. The van der Waals surface area contributed by atoms with Crippen molar-refractivity contribution in [1.82, 2.24) is 0 Å². The summed E-state index contributed by atoms with van der Waals surface area (Å²) in [5, 5.41) is 0. The third-order valence-corrected chi connectivity index (χ3v) is 4.00. The number of aryl methyl sites for hydroxylation is 2. The molecule has 0 aromatic heterocycles. The average molecular weight is 335 g/mol. The minimum Gasteiger partial charge on any atom is -0.495 e. The Bertz CT molecular complexity index is 641. The van der Waals surface area contributed by atoms with Gasteiger partial charge >= 0.3 is 0 Å². The van der Waals surface area contributed by atoms with Gasteiger partial charge in [0.15, 0.2) is 0 Å². The smallest absolute Gasteiger partial charge is 0.142 e. The zero-order chi connectivity index (χ0) is 14.9. The standard InChI is InChI=1S/C16H19BrN2O/c1-10-7-13(18)14(8-11(10)2)19(3)15-9-12(17)5-6-16(15)20-4/h5-9H,18H2,1-4H3. The summed E-state index contributed by atoms with van der Waals surface area (Å²) in [6, 6.07) is 10.0. The van der Waals surface area contributed by atoms with Gasteiger partial charge in [0, 0.05) is 11.5 Å². The van der Waals surface area contributed by atoms with Crippen molar-refractivity contribution in [2.45, 2.75) is 13.8 Å². The van der Waals surface area contributed by atoms with Crippen LogP contribution in [0.3, 0.4) is 0 Å². The SMILES string of the molecule is COc1ccc(Br)cc1N(C)c1cc(C)c(C)cc1N. The average Bonchev–Trinajstić information content (AvgIpc) is 2.42. The van der Waals surface area contributed by atoms with Crippen LogP contribution >= 0.6 is 15.9 Å². The van der Waals surface area contributed by atoms with Crippen LogP contribution in [0.2, 0.25) is 0 Å². The van der Waals surface area contributed by atoms with E-state index in [4.69, 9.17) is 10.5 Å². The maximum Gasteiger partial charge on any atom is 0.142 e. The summed E-state index contributed by atoms with van der Waals surface area (Å²) in [5.74, 6) is 0.813. The molecule has 2 rings (SSSR count). The lowest BCUT2D eigenvalue weighted by Crippen LogP contribution is -2.13. The van der Waals surface area contributed by atoms with Gasteiger partial charge in [-0.25, -0.2) is 0 Å². The lowest BCUT2D eigenvalue weighted by Gasteiger charge is -2.24. The van der Waals surface area contributed by atoms with E-state index >= 15 is 0 Å². The summed E-state index contributed by atoms with van der Waals surface area (Å²) >= 11 is 3.50. The van der Waals surface area contributed by atoms with Gasteiger partial charge in [-0.1, -0.05) is 15.9 Å². The van der Waals surface area contributed by atoms with Gasteiger partial charge in [0.05, 0.1) is 24.2 Å². The molecule has 0 aliphatic carbocycles. The van der Waals surface area contributed by atoms with Gasteiger partial charge in [-0.2, -0.15) is 0 Å². The molecule has 0 bridgehead atoms. The van der Waals surface area contributed by atoms with Gasteiger partial charge in [0.2, 0.25) is 0 Å². The number of ether oxygens (including phenoxy) is 1. The van der Waals surface area contributed by atoms with Crippen LogP contribution in [-0.2, 0) is 0 Å². The third-order valence-electron chi connectivity index (χ3n) is 3.51. The van der Waals surface area contributed by atoms with Crippen LogP contribution in [-0.4, -0.2) is 14.2 Å². The predicted octanol–water partition coefficient (Wildman–Crippen LogP) is 4.42. The fourth-order valence-electron chi connectivity index (χ4n) is 2.17. The number of halogens is 1. The second-order valence-electron chi connectivity index (χ2n) is 4.87. The van der Waals surface area contributed by atoms with E-state index in [1.807, 2.05) is 36.2 Å². The quantitative estimate of drug-likeness (QED) is 0.844. The Labute approximate surface area is 128 Å². The number of benzene rings is 2. The molecule has 3 nitrogen and oxygen atoms in total. The molecule has 0 amide bonds. The highest BCUT2D eigenvalue weighted by molar-refractivity contribution is 9.10. The molecule has 0 fully saturated rings. The minimum absolute atomic E-state index is 0.762. The Balaban J connectivity index is 2.54. The molecule has 0 saturated carbocycles. The third kappa shape index (κ3) is 2.75. The van der Waals surface area contributed by atoms with Gasteiger partial charge in [0.25, 0.3) is 0 Å². The van der Waals surface area contributed by atoms with Gasteiger partial charge in [0.1, 0.15) is 5.75 Å². The molecular formula is C16H19BrN2O. The van der Waals surface area contributed by atoms with E-state index in [0.29, 0.717) is 0 Å². The van der Waals surface area contributed by atoms with Crippen molar-refractivity contribution in [2.24, 2.45) is 0 Å². The summed E-state index contributed by atoms with van der Waals surface area (Å²) in [5.41, 5.74) is 11.3. The summed E-state index contributed by atoms with van der Waals surface area (Å²) in [6.07, 6.45) is 0. The van der Waals surface area contributed by atoms with Crippen LogP contribution in [0.5, 0.6) is 5.75 Å². The number of nitrogens with two attached hydrogens (primary N) is 1. The molecule has 0 spiro atoms. The summed E-state index contributed by atoms with van der Waals surface area (Å²) < 4.78 is 6.44. The highest BCUT2D eigenvalue weighted by Crippen LogP contribution is 2.37. The van der Waals surface area contributed by atoms with Crippen LogP contribution in [0.15, 0.2) is 34.8 Å². The number of rotatable bonds is 3. The van der Waals surface area contributed by atoms with Crippen molar-refractivity contribution in [2.75, 3.05) is 24.8 Å². The lowest BCUT2D eigenvalue weighted by molar-refractivity contribution is 0.415. The Morgan fingerprint density at radius 1 is 1.05 bits per heavy atom. The molecule has 0 radical (unpaired) electrons. The Kier molecular flexibility index (Phi) is 4.23. The van der Waals surface area contributed by atoms with Crippen molar-refractivity contribution in [3.8, 4) is 5.75 Å². The van der Waals surface area contributed by atoms with Crippen molar-refractivity contribution >= 4 is 33.0 Å². The molecule has 4 heteroatoms. The van der Waals surface area contributed by atoms with Crippen LogP contribution in [0.1, 0.15) is 11.1 Å². The second-order valence-corrected chi connectivity index (χ2v) is 5.79. The number of hydrogen-bond donors (Lipinski definition) is 1. The van der Waals surface area contributed by atoms with Crippen LogP contribution in [0.4, 0.5) is 17.1 Å². The van der Waals surface area contributed by atoms with Crippen molar-refractivity contribution in [1.29, 1.82) is 0 Å². The van der Waals surface area contributed by atoms with E-state index in [-0.39, 0.29) is 0 Å². The molecule has 0 aliphatic heterocycles. The number of nitrogens with zero attached hydrogens (tertiary/aromatic N) is 1. The zero-order valence-corrected chi connectivity index (χ0v) is 13.8. The molecule has 0 heterocycles. The number of hydrogen-bond acceptors (Lipinski definition) is 3.